The van der Waals surface area contributed by atoms with Crippen molar-refractivity contribution in [2.45, 2.75) is 6.04 Å². The first-order valence-electron chi connectivity index (χ1n) is 12.9. The summed E-state index contributed by atoms with van der Waals surface area (Å²) in [7, 11) is 1.68. The molecular formula is C30H37ClN4O2. The lowest BCUT2D eigenvalue weighted by Gasteiger charge is -2.41. The number of amides is 1. The molecule has 0 unspecified atom stereocenters. The number of ether oxygens (including phenoxy) is 1. The minimum Gasteiger partial charge on any atom is -0.497 e. The molecule has 0 N–H and O–H groups in total. The Hall–Kier alpha value is -3.06. The Bertz CT molecular complexity index is 1060. The SMILES string of the molecule is COc1ccc(N2CCN(C(=O)CN3CCN(C(c4ccccc4)c4ccccc4)CC3)CC2)cc1.Cl. The van der Waals surface area contributed by atoms with Crippen LogP contribution in [0.5, 0.6) is 5.75 Å². The third-order valence-corrected chi connectivity index (χ3v) is 7.43. The molecule has 0 radical (unpaired) electrons. The highest BCUT2D eigenvalue weighted by Crippen LogP contribution is 2.29. The number of rotatable bonds is 7. The van der Waals surface area contributed by atoms with E-state index in [1.807, 2.05) is 17.0 Å². The average molecular weight is 521 g/mol. The van der Waals surface area contributed by atoms with Crippen molar-refractivity contribution in [1.82, 2.24) is 14.7 Å². The Morgan fingerprint density at radius 2 is 1.27 bits per heavy atom. The van der Waals surface area contributed by atoms with Crippen LogP contribution in [0.4, 0.5) is 5.69 Å². The molecule has 0 bridgehead atoms. The lowest BCUT2D eigenvalue weighted by molar-refractivity contribution is -0.133. The van der Waals surface area contributed by atoms with Gasteiger partial charge in [0.2, 0.25) is 5.91 Å². The first-order valence-corrected chi connectivity index (χ1v) is 12.9. The summed E-state index contributed by atoms with van der Waals surface area (Å²) in [5, 5.41) is 0. The molecule has 2 aliphatic heterocycles. The van der Waals surface area contributed by atoms with E-state index in [9.17, 15) is 4.79 Å². The Labute approximate surface area is 226 Å². The highest BCUT2D eigenvalue weighted by molar-refractivity contribution is 5.85. The minimum atomic E-state index is 0. The molecule has 0 aliphatic carbocycles. The van der Waals surface area contributed by atoms with Gasteiger partial charge in [-0.2, -0.15) is 0 Å². The Morgan fingerprint density at radius 1 is 0.730 bits per heavy atom. The molecule has 3 aromatic carbocycles. The minimum absolute atomic E-state index is 0. The van der Waals surface area contributed by atoms with Crippen molar-refractivity contribution < 1.29 is 9.53 Å². The first kappa shape index (κ1) is 27.0. The zero-order valence-electron chi connectivity index (χ0n) is 21.5. The molecule has 196 valence electrons. The van der Waals surface area contributed by atoms with E-state index in [4.69, 9.17) is 4.74 Å². The van der Waals surface area contributed by atoms with Crippen molar-refractivity contribution in [1.29, 1.82) is 0 Å². The van der Waals surface area contributed by atoms with Gasteiger partial charge in [0.1, 0.15) is 5.75 Å². The molecular weight excluding hydrogens is 484 g/mol. The van der Waals surface area contributed by atoms with Gasteiger partial charge in [-0.15, -0.1) is 12.4 Å². The monoisotopic (exact) mass is 520 g/mol. The quantitative estimate of drug-likeness (QED) is 0.467. The van der Waals surface area contributed by atoms with E-state index in [2.05, 4.69) is 87.5 Å². The fraction of sp³-hybridized carbons (Fsp3) is 0.367. The molecule has 37 heavy (non-hydrogen) atoms. The Kier molecular flexibility index (Phi) is 9.45. The maximum atomic E-state index is 13.1. The van der Waals surface area contributed by atoms with Crippen LogP contribution in [-0.2, 0) is 4.79 Å². The lowest BCUT2D eigenvalue weighted by atomic mass is 9.96. The average Bonchev–Trinajstić information content (AvgIpc) is 2.95. The molecule has 0 atom stereocenters. The number of nitrogens with zero attached hydrogens (tertiary/aromatic N) is 4. The van der Waals surface area contributed by atoms with Gasteiger partial charge in [-0.1, -0.05) is 60.7 Å². The van der Waals surface area contributed by atoms with Gasteiger partial charge in [0.05, 0.1) is 19.7 Å². The highest BCUT2D eigenvalue weighted by Gasteiger charge is 2.28. The number of piperazine rings is 2. The van der Waals surface area contributed by atoms with Gasteiger partial charge in [-0.05, 0) is 35.4 Å². The summed E-state index contributed by atoms with van der Waals surface area (Å²) in [4.78, 5) is 22.3. The largest absolute Gasteiger partial charge is 0.497 e. The zero-order chi connectivity index (χ0) is 24.7. The molecule has 0 aromatic heterocycles. The molecule has 1 amide bonds. The molecule has 2 aliphatic rings. The number of methoxy groups -OCH3 is 1. The molecule has 2 fully saturated rings. The maximum Gasteiger partial charge on any atom is 0.236 e. The Morgan fingerprint density at radius 3 is 1.78 bits per heavy atom. The van der Waals surface area contributed by atoms with Crippen molar-refractivity contribution in [3.8, 4) is 5.75 Å². The number of halogens is 1. The summed E-state index contributed by atoms with van der Waals surface area (Å²) >= 11 is 0. The van der Waals surface area contributed by atoms with E-state index in [-0.39, 0.29) is 24.4 Å². The molecule has 0 spiro atoms. The van der Waals surface area contributed by atoms with E-state index in [0.717, 1.165) is 58.1 Å². The van der Waals surface area contributed by atoms with Crippen molar-refractivity contribution in [3.63, 3.8) is 0 Å². The van der Waals surface area contributed by atoms with Crippen LogP contribution in [0.2, 0.25) is 0 Å². The normalized spacial score (nSPS) is 16.9. The lowest BCUT2D eigenvalue weighted by Crippen LogP contribution is -2.54. The number of benzene rings is 3. The van der Waals surface area contributed by atoms with Crippen LogP contribution >= 0.6 is 12.4 Å². The molecule has 3 aromatic rings. The molecule has 7 heteroatoms. The standard InChI is InChI=1S/C30H36N4O2.ClH/c1-36-28-14-12-27(13-15-28)32-20-22-33(23-21-32)29(35)24-31-16-18-34(19-17-31)30(25-8-4-2-5-9-25)26-10-6-3-7-11-26;/h2-15,30H,16-24H2,1H3;1H. The topological polar surface area (TPSA) is 39.3 Å². The highest BCUT2D eigenvalue weighted by atomic mass is 35.5. The molecule has 2 saturated heterocycles. The summed E-state index contributed by atoms with van der Waals surface area (Å²) in [6.07, 6.45) is 0. The fourth-order valence-corrected chi connectivity index (χ4v) is 5.36. The second kappa shape index (κ2) is 13.0. The third kappa shape index (κ3) is 6.63. The van der Waals surface area contributed by atoms with E-state index >= 15 is 0 Å². The smallest absolute Gasteiger partial charge is 0.236 e. The fourth-order valence-electron chi connectivity index (χ4n) is 5.36. The first-order chi connectivity index (χ1) is 17.7. The molecule has 0 saturated carbocycles. The van der Waals surface area contributed by atoms with Gasteiger partial charge in [0.15, 0.2) is 0 Å². The summed E-state index contributed by atoms with van der Waals surface area (Å²) in [5.74, 6) is 1.12. The van der Waals surface area contributed by atoms with Crippen LogP contribution in [0.1, 0.15) is 17.2 Å². The number of anilines is 1. The van der Waals surface area contributed by atoms with Gasteiger partial charge in [0, 0.05) is 58.0 Å². The van der Waals surface area contributed by atoms with Crippen LogP contribution in [0.3, 0.4) is 0 Å². The third-order valence-electron chi connectivity index (χ3n) is 7.43. The van der Waals surface area contributed by atoms with E-state index < -0.39 is 0 Å². The van der Waals surface area contributed by atoms with E-state index in [1.165, 1.54) is 16.8 Å². The summed E-state index contributed by atoms with van der Waals surface area (Å²) < 4.78 is 5.26. The molecule has 6 nitrogen and oxygen atoms in total. The summed E-state index contributed by atoms with van der Waals surface area (Å²) in [6, 6.07) is 29.9. The van der Waals surface area contributed by atoms with Gasteiger partial charge in [0.25, 0.3) is 0 Å². The van der Waals surface area contributed by atoms with Gasteiger partial charge in [-0.25, -0.2) is 0 Å². The van der Waals surface area contributed by atoms with E-state index in [0.29, 0.717) is 6.54 Å². The maximum absolute atomic E-state index is 13.1. The van der Waals surface area contributed by atoms with Crippen LogP contribution in [0.25, 0.3) is 0 Å². The number of hydrogen-bond donors (Lipinski definition) is 0. The van der Waals surface area contributed by atoms with Crippen molar-refractivity contribution in [2.75, 3.05) is 70.9 Å². The van der Waals surface area contributed by atoms with Crippen molar-refractivity contribution in [3.05, 3.63) is 96.1 Å². The van der Waals surface area contributed by atoms with Crippen LogP contribution in [0, 0.1) is 0 Å². The molecule has 2 heterocycles. The Balaban J connectivity index is 0.00000320. The number of carbonyl (C=O) groups excluding carboxylic acids is 1. The number of carbonyl (C=O) groups is 1. The second-order valence-electron chi connectivity index (χ2n) is 9.60. The van der Waals surface area contributed by atoms with Crippen LogP contribution < -0.4 is 9.64 Å². The van der Waals surface area contributed by atoms with Gasteiger partial charge >= 0.3 is 0 Å². The van der Waals surface area contributed by atoms with Crippen molar-refractivity contribution >= 4 is 24.0 Å². The summed E-state index contributed by atoms with van der Waals surface area (Å²) in [5.41, 5.74) is 3.83. The zero-order valence-corrected chi connectivity index (χ0v) is 22.4. The molecule has 5 rings (SSSR count). The van der Waals surface area contributed by atoms with Gasteiger partial charge < -0.3 is 14.5 Å². The van der Waals surface area contributed by atoms with Crippen LogP contribution in [0.15, 0.2) is 84.9 Å². The van der Waals surface area contributed by atoms with Crippen LogP contribution in [-0.4, -0.2) is 86.6 Å². The number of hydrogen-bond acceptors (Lipinski definition) is 5. The van der Waals surface area contributed by atoms with Gasteiger partial charge in [-0.3, -0.25) is 14.6 Å². The summed E-state index contributed by atoms with van der Waals surface area (Å²) in [6.45, 7) is 7.51. The van der Waals surface area contributed by atoms with E-state index in [1.54, 1.807) is 7.11 Å². The second-order valence-corrected chi connectivity index (χ2v) is 9.60. The van der Waals surface area contributed by atoms with Crippen molar-refractivity contribution in [2.24, 2.45) is 0 Å². The predicted molar refractivity (Wildman–Crippen MR) is 152 cm³/mol. The predicted octanol–water partition coefficient (Wildman–Crippen LogP) is 4.17.